The Hall–Kier alpha value is -1.49. The molecule has 1 heterocycles. The van der Waals surface area contributed by atoms with Crippen molar-refractivity contribution >= 4 is 15.9 Å². The normalized spacial score (nSPS) is 10.7. The van der Waals surface area contributed by atoms with Crippen LogP contribution in [0.1, 0.15) is 23.9 Å². The SMILES string of the molecule is CCc1nc(C)ccc1Oc1c(F)cc(CBr)cc1F. The summed E-state index contributed by atoms with van der Waals surface area (Å²) in [5.41, 5.74) is 2.03. The lowest BCUT2D eigenvalue weighted by atomic mass is 10.2. The van der Waals surface area contributed by atoms with Crippen LogP contribution in [0.4, 0.5) is 8.78 Å². The van der Waals surface area contributed by atoms with Crippen LogP contribution in [-0.2, 0) is 11.8 Å². The molecule has 106 valence electrons. The number of aromatic nitrogens is 1. The van der Waals surface area contributed by atoms with Crippen LogP contribution in [0, 0.1) is 18.6 Å². The zero-order valence-corrected chi connectivity index (χ0v) is 12.8. The van der Waals surface area contributed by atoms with Gasteiger partial charge in [0.05, 0.1) is 5.69 Å². The molecule has 2 nitrogen and oxygen atoms in total. The van der Waals surface area contributed by atoms with Gasteiger partial charge >= 0.3 is 0 Å². The van der Waals surface area contributed by atoms with E-state index >= 15 is 0 Å². The molecule has 0 saturated carbocycles. The Morgan fingerprint density at radius 2 is 1.85 bits per heavy atom. The maximum atomic E-state index is 13.9. The van der Waals surface area contributed by atoms with Crippen molar-refractivity contribution in [2.45, 2.75) is 25.6 Å². The predicted molar refractivity (Wildman–Crippen MR) is 77.4 cm³/mol. The molecule has 0 bridgehead atoms. The average molecular weight is 342 g/mol. The molecular weight excluding hydrogens is 328 g/mol. The topological polar surface area (TPSA) is 22.1 Å². The molecule has 0 aliphatic rings. The summed E-state index contributed by atoms with van der Waals surface area (Å²) in [5.74, 6) is -1.46. The largest absolute Gasteiger partial charge is 0.449 e. The number of alkyl halides is 1. The van der Waals surface area contributed by atoms with Crippen LogP contribution >= 0.6 is 15.9 Å². The highest BCUT2D eigenvalue weighted by atomic mass is 79.9. The molecule has 0 atom stereocenters. The highest BCUT2D eigenvalue weighted by Gasteiger charge is 2.15. The third-order valence-electron chi connectivity index (χ3n) is 2.83. The predicted octanol–water partition coefficient (Wildman–Crippen LogP) is 4.92. The highest BCUT2D eigenvalue weighted by molar-refractivity contribution is 9.08. The van der Waals surface area contributed by atoms with Crippen molar-refractivity contribution in [3.8, 4) is 11.5 Å². The summed E-state index contributed by atoms with van der Waals surface area (Å²) in [7, 11) is 0. The van der Waals surface area contributed by atoms with Gasteiger partial charge in [-0.25, -0.2) is 8.78 Å². The van der Waals surface area contributed by atoms with E-state index in [0.29, 0.717) is 28.8 Å². The Balaban J connectivity index is 2.40. The van der Waals surface area contributed by atoms with Gasteiger partial charge < -0.3 is 4.74 Å². The molecule has 1 aromatic carbocycles. The summed E-state index contributed by atoms with van der Waals surface area (Å²) in [5, 5.41) is 0.382. The van der Waals surface area contributed by atoms with E-state index in [1.807, 2.05) is 13.8 Å². The first kappa shape index (κ1) is 14.9. The number of aryl methyl sites for hydroxylation is 2. The van der Waals surface area contributed by atoms with Gasteiger partial charge in [0.25, 0.3) is 0 Å². The molecule has 0 fully saturated rings. The standard InChI is InChI=1S/C15H14BrF2NO/c1-3-13-14(5-4-9(2)19-13)20-15-11(17)6-10(8-16)7-12(15)18/h4-7H,3,8H2,1-2H3. The molecule has 2 rings (SSSR count). The third-order valence-corrected chi connectivity index (χ3v) is 3.48. The van der Waals surface area contributed by atoms with Gasteiger partial charge in [-0.1, -0.05) is 22.9 Å². The molecule has 1 aromatic heterocycles. The Morgan fingerprint density at radius 3 is 2.40 bits per heavy atom. The molecular formula is C15H14BrF2NO. The molecule has 0 saturated heterocycles. The number of halogens is 3. The second-order valence-electron chi connectivity index (χ2n) is 4.38. The summed E-state index contributed by atoms with van der Waals surface area (Å²) < 4.78 is 33.2. The minimum absolute atomic E-state index is 0.377. The van der Waals surface area contributed by atoms with Crippen molar-refractivity contribution in [3.05, 3.63) is 52.9 Å². The molecule has 20 heavy (non-hydrogen) atoms. The molecule has 0 radical (unpaired) electrons. The van der Waals surface area contributed by atoms with Crippen LogP contribution in [0.2, 0.25) is 0 Å². The molecule has 0 aliphatic carbocycles. The van der Waals surface area contributed by atoms with Gasteiger partial charge in [-0.2, -0.15) is 0 Å². The Kier molecular flexibility index (Phi) is 4.70. The first-order valence-electron chi connectivity index (χ1n) is 6.23. The minimum atomic E-state index is -0.720. The molecule has 2 aromatic rings. The van der Waals surface area contributed by atoms with E-state index < -0.39 is 17.4 Å². The first-order valence-corrected chi connectivity index (χ1v) is 7.35. The Bertz CT molecular complexity index is 608. The lowest BCUT2D eigenvalue weighted by Crippen LogP contribution is -1.99. The molecule has 0 N–H and O–H groups in total. The van der Waals surface area contributed by atoms with Crippen molar-refractivity contribution in [1.82, 2.24) is 4.98 Å². The fourth-order valence-electron chi connectivity index (χ4n) is 1.84. The van der Waals surface area contributed by atoms with E-state index in [1.165, 1.54) is 12.1 Å². The van der Waals surface area contributed by atoms with E-state index in [-0.39, 0.29) is 0 Å². The van der Waals surface area contributed by atoms with E-state index in [4.69, 9.17) is 4.74 Å². The number of hydrogen-bond acceptors (Lipinski definition) is 2. The molecule has 5 heteroatoms. The lowest BCUT2D eigenvalue weighted by Gasteiger charge is -2.12. The van der Waals surface area contributed by atoms with Crippen LogP contribution in [0.25, 0.3) is 0 Å². The smallest absolute Gasteiger partial charge is 0.198 e. The second kappa shape index (κ2) is 6.31. The Morgan fingerprint density at radius 1 is 1.20 bits per heavy atom. The molecule has 0 aliphatic heterocycles. The van der Waals surface area contributed by atoms with Crippen LogP contribution < -0.4 is 4.74 Å². The van der Waals surface area contributed by atoms with Crippen molar-refractivity contribution in [2.24, 2.45) is 0 Å². The number of hydrogen-bond donors (Lipinski definition) is 0. The molecule has 0 amide bonds. The first-order chi connectivity index (χ1) is 9.55. The zero-order valence-electron chi connectivity index (χ0n) is 11.2. The van der Waals surface area contributed by atoms with Crippen molar-refractivity contribution in [2.75, 3.05) is 0 Å². The van der Waals surface area contributed by atoms with Gasteiger partial charge in [0.2, 0.25) is 0 Å². The summed E-state index contributed by atoms with van der Waals surface area (Å²) in [4.78, 5) is 4.30. The second-order valence-corrected chi connectivity index (χ2v) is 4.94. The fourth-order valence-corrected chi connectivity index (χ4v) is 2.16. The molecule has 0 spiro atoms. The van der Waals surface area contributed by atoms with Crippen molar-refractivity contribution < 1.29 is 13.5 Å². The average Bonchev–Trinajstić information content (AvgIpc) is 2.43. The monoisotopic (exact) mass is 341 g/mol. The Labute approximate surface area is 124 Å². The quantitative estimate of drug-likeness (QED) is 0.736. The zero-order chi connectivity index (χ0) is 14.7. The number of rotatable bonds is 4. The number of benzene rings is 1. The van der Waals surface area contributed by atoms with Gasteiger partial charge in [-0.3, -0.25) is 4.98 Å². The summed E-state index contributed by atoms with van der Waals surface area (Å²) in [6.45, 7) is 3.77. The van der Waals surface area contributed by atoms with Crippen LogP contribution in [0.3, 0.4) is 0 Å². The van der Waals surface area contributed by atoms with Crippen molar-refractivity contribution in [1.29, 1.82) is 0 Å². The number of nitrogens with zero attached hydrogens (tertiary/aromatic N) is 1. The third kappa shape index (κ3) is 3.15. The lowest BCUT2D eigenvalue weighted by molar-refractivity contribution is 0.401. The maximum Gasteiger partial charge on any atom is 0.198 e. The van der Waals surface area contributed by atoms with Gasteiger partial charge in [-0.05, 0) is 43.2 Å². The van der Waals surface area contributed by atoms with Gasteiger partial charge in [0.1, 0.15) is 5.75 Å². The van der Waals surface area contributed by atoms with Gasteiger partial charge in [0.15, 0.2) is 17.4 Å². The summed E-state index contributed by atoms with van der Waals surface area (Å²) in [6, 6.07) is 5.93. The van der Waals surface area contributed by atoms with Crippen LogP contribution in [-0.4, -0.2) is 4.98 Å². The number of ether oxygens (including phenoxy) is 1. The van der Waals surface area contributed by atoms with Crippen LogP contribution in [0.15, 0.2) is 24.3 Å². The van der Waals surface area contributed by atoms with Gasteiger partial charge in [0, 0.05) is 11.0 Å². The number of pyridine rings is 1. The van der Waals surface area contributed by atoms with E-state index in [2.05, 4.69) is 20.9 Å². The fraction of sp³-hybridized carbons (Fsp3) is 0.267. The summed E-state index contributed by atoms with van der Waals surface area (Å²) in [6.07, 6.45) is 0.625. The van der Waals surface area contributed by atoms with E-state index in [0.717, 1.165) is 5.69 Å². The van der Waals surface area contributed by atoms with Gasteiger partial charge in [-0.15, -0.1) is 0 Å². The van der Waals surface area contributed by atoms with Crippen molar-refractivity contribution in [3.63, 3.8) is 0 Å². The summed E-state index contributed by atoms with van der Waals surface area (Å²) >= 11 is 3.16. The maximum absolute atomic E-state index is 13.9. The minimum Gasteiger partial charge on any atom is -0.449 e. The molecule has 0 unspecified atom stereocenters. The van der Waals surface area contributed by atoms with E-state index in [9.17, 15) is 8.78 Å². The van der Waals surface area contributed by atoms with Crippen LogP contribution in [0.5, 0.6) is 11.5 Å². The highest BCUT2D eigenvalue weighted by Crippen LogP contribution is 2.31. The van der Waals surface area contributed by atoms with E-state index in [1.54, 1.807) is 12.1 Å².